The maximum Gasteiger partial charge on any atom is 0.242 e. The van der Waals surface area contributed by atoms with Crippen molar-refractivity contribution in [2.24, 2.45) is 5.73 Å². The van der Waals surface area contributed by atoms with Crippen LogP contribution in [0.2, 0.25) is 0 Å². The lowest BCUT2D eigenvalue weighted by atomic mass is 9.94. The molecular formula is C21H21ClN2O2S. The summed E-state index contributed by atoms with van der Waals surface area (Å²) >= 11 is 6.90. The van der Waals surface area contributed by atoms with E-state index in [2.05, 4.69) is 4.72 Å². The first-order chi connectivity index (χ1) is 12.8. The van der Waals surface area contributed by atoms with Gasteiger partial charge in [-0.3, -0.25) is 0 Å². The molecule has 0 bridgehead atoms. The zero-order valence-electron chi connectivity index (χ0n) is 14.8. The van der Waals surface area contributed by atoms with Crippen molar-refractivity contribution in [2.45, 2.75) is 22.9 Å². The van der Waals surface area contributed by atoms with Crippen LogP contribution in [0, 0.1) is 6.92 Å². The van der Waals surface area contributed by atoms with E-state index in [4.69, 9.17) is 17.3 Å². The van der Waals surface area contributed by atoms with E-state index in [-0.39, 0.29) is 4.90 Å². The van der Waals surface area contributed by atoms with Gasteiger partial charge in [0.15, 0.2) is 5.00 Å². The van der Waals surface area contributed by atoms with Crippen molar-refractivity contribution in [1.82, 2.24) is 4.72 Å². The largest absolute Gasteiger partial charge is 0.321 e. The molecule has 0 aliphatic rings. The van der Waals surface area contributed by atoms with Crippen LogP contribution >= 0.6 is 11.6 Å². The average molecular weight is 401 g/mol. The Morgan fingerprint density at radius 2 is 1.41 bits per heavy atom. The van der Waals surface area contributed by atoms with E-state index >= 15 is 0 Å². The number of nitrogens with two attached hydrogens (primary N) is 1. The van der Waals surface area contributed by atoms with Crippen molar-refractivity contribution in [3.05, 3.63) is 102 Å². The summed E-state index contributed by atoms with van der Waals surface area (Å²) in [6.45, 7) is 1.89. The number of rotatable bonds is 6. The van der Waals surface area contributed by atoms with Crippen molar-refractivity contribution >= 4 is 21.6 Å². The molecule has 0 heterocycles. The molecule has 3 aromatic carbocycles. The number of sulfonamides is 1. The number of benzene rings is 3. The molecule has 0 aromatic heterocycles. The van der Waals surface area contributed by atoms with Gasteiger partial charge in [0.25, 0.3) is 0 Å². The highest BCUT2D eigenvalue weighted by atomic mass is 35.5. The van der Waals surface area contributed by atoms with Crippen LogP contribution in [0.1, 0.15) is 22.7 Å². The van der Waals surface area contributed by atoms with Gasteiger partial charge in [-0.25, -0.2) is 8.42 Å². The first kappa shape index (κ1) is 19.6. The second-order valence-corrected chi connectivity index (χ2v) is 8.66. The smallest absolute Gasteiger partial charge is 0.242 e. The van der Waals surface area contributed by atoms with Gasteiger partial charge in [0.05, 0.1) is 10.9 Å². The fourth-order valence-corrected chi connectivity index (χ4v) is 4.65. The Labute approximate surface area is 165 Å². The highest BCUT2D eigenvalue weighted by Crippen LogP contribution is 2.38. The van der Waals surface area contributed by atoms with Crippen molar-refractivity contribution in [3.63, 3.8) is 0 Å². The van der Waals surface area contributed by atoms with E-state index in [1.165, 1.54) is 0 Å². The average Bonchev–Trinajstić information content (AvgIpc) is 2.68. The minimum atomic E-state index is -3.90. The van der Waals surface area contributed by atoms with Crippen LogP contribution < -0.4 is 10.5 Å². The van der Waals surface area contributed by atoms with E-state index in [0.717, 1.165) is 11.1 Å². The molecule has 0 saturated carbocycles. The molecule has 2 unspecified atom stereocenters. The van der Waals surface area contributed by atoms with Crippen LogP contribution in [0.5, 0.6) is 0 Å². The van der Waals surface area contributed by atoms with Gasteiger partial charge < -0.3 is 5.73 Å². The molecular weight excluding hydrogens is 380 g/mol. The molecule has 0 fully saturated rings. The normalized spacial score (nSPS) is 15.1. The molecule has 0 amide bonds. The molecule has 4 nitrogen and oxygen atoms in total. The van der Waals surface area contributed by atoms with Crippen LogP contribution in [0.3, 0.4) is 0 Å². The van der Waals surface area contributed by atoms with Gasteiger partial charge in [-0.2, -0.15) is 4.72 Å². The molecule has 2 atom stereocenters. The molecule has 0 aliphatic carbocycles. The molecule has 6 heteroatoms. The number of hydrogen-bond acceptors (Lipinski definition) is 3. The highest BCUT2D eigenvalue weighted by molar-refractivity contribution is 7.89. The summed E-state index contributed by atoms with van der Waals surface area (Å²) in [7, 11) is -3.90. The standard InChI is InChI=1S/C21H21ClN2O2S/c1-16-12-14-19(15-13-16)27(25,26)24-21(22,18-10-6-3-7-11-18)20(23)17-8-4-2-5-9-17/h2-15,20,24H,23H2,1H3. The first-order valence-corrected chi connectivity index (χ1v) is 10.3. The monoisotopic (exact) mass is 400 g/mol. The molecule has 0 spiro atoms. The maximum atomic E-state index is 13.0. The van der Waals surface area contributed by atoms with Crippen LogP contribution in [0.4, 0.5) is 0 Å². The van der Waals surface area contributed by atoms with Gasteiger partial charge >= 0.3 is 0 Å². The van der Waals surface area contributed by atoms with Crippen molar-refractivity contribution in [2.75, 3.05) is 0 Å². The zero-order chi connectivity index (χ0) is 19.5. The first-order valence-electron chi connectivity index (χ1n) is 8.48. The molecule has 0 aliphatic heterocycles. The quantitative estimate of drug-likeness (QED) is 0.484. The predicted octanol–water partition coefficient (Wildman–Crippen LogP) is 4.07. The Kier molecular flexibility index (Phi) is 5.67. The Hall–Kier alpha value is -2.18. The van der Waals surface area contributed by atoms with Gasteiger partial charge in [0.2, 0.25) is 10.0 Å². The molecule has 0 saturated heterocycles. The van der Waals surface area contributed by atoms with E-state index < -0.39 is 21.1 Å². The summed E-state index contributed by atoms with van der Waals surface area (Å²) in [5.74, 6) is 0. The van der Waals surface area contributed by atoms with Gasteiger partial charge in [0.1, 0.15) is 0 Å². The summed E-state index contributed by atoms with van der Waals surface area (Å²) in [4.78, 5) is -1.42. The van der Waals surface area contributed by atoms with Crippen LogP contribution in [0.25, 0.3) is 0 Å². The number of aryl methyl sites for hydroxylation is 1. The van der Waals surface area contributed by atoms with Crippen molar-refractivity contribution in [1.29, 1.82) is 0 Å². The number of hydrogen-bond donors (Lipinski definition) is 2. The molecule has 3 N–H and O–H groups in total. The van der Waals surface area contributed by atoms with Gasteiger partial charge in [-0.05, 0) is 30.2 Å². The fourth-order valence-electron chi connectivity index (χ4n) is 2.84. The number of alkyl halides is 1. The third-order valence-electron chi connectivity index (χ3n) is 4.40. The molecule has 3 rings (SSSR count). The number of nitrogens with one attached hydrogen (secondary N) is 1. The SMILES string of the molecule is Cc1ccc(S(=O)(=O)NC(Cl)(c2ccccc2)C(N)c2ccccc2)cc1. The summed E-state index contributed by atoms with van der Waals surface area (Å²) in [6.07, 6.45) is 0. The summed E-state index contributed by atoms with van der Waals surface area (Å²) < 4.78 is 28.7. The lowest BCUT2D eigenvalue weighted by Crippen LogP contribution is -2.48. The highest BCUT2D eigenvalue weighted by Gasteiger charge is 2.41. The topological polar surface area (TPSA) is 72.2 Å². The van der Waals surface area contributed by atoms with E-state index in [9.17, 15) is 8.42 Å². The van der Waals surface area contributed by atoms with Crippen LogP contribution in [0.15, 0.2) is 89.8 Å². The third-order valence-corrected chi connectivity index (χ3v) is 6.54. The number of halogens is 1. The summed E-state index contributed by atoms with van der Waals surface area (Å²) in [5, 5.41) is 0. The minimum Gasteiger partial charge on any atom is -0.321 e. The summed E-state index contributed by atoms with van der Waals surface area (Å²) in [5.41, 5.74) is 8.72. The molecule has 0 radical (unpaired) electrons. The van der Waals surface area contributed by atoms with Crippen molar-refractivity contribution < 1.29 is 8.42 Å². The molecule has 140 valence electrons. The Morgan fingerprint density at radius 1 is 0.889 bits per heavy atom. The van der Waals surface area contributed by atoms with E-state index in [0.29, 0.717) is 5.56 Å². The maximum absolute atomic E-state index is 13.0. The van der Waals surface area contributed by atoms with Crippen LogP contribution in [-0.4, -0.2) is 8.42 Å². The fraction of sp³-hybridized carbons (Fsp3) is 0.143. The van der Waals surface area contributed by atoms with Gasteiger partial charge in [-0.15, -0.1) is 0 Å². The molecule has 27 heavy (non-hydrogen) atoms. The Bertz CT molecular complexity index is 993. The van der Waals surface area contributed by atoms with Gasteiger partial charge in [-0.1, -0.05) is 90.0 Å². The second-order valence-electron chi connectivity index (χ2n) is 6.38. The minimum absolute atomic E-state index is 0.134. The van der Waals surface area contributed by atoms with Crippen LogP contribution in [-0.2, 0) is 15.0 Å². The lowest BCUT2D eigenvalue weighted by molar-refractivity contribution is 0.452. The molecule has 3 aromatic rings. The predicted molar refractivity (Wildman–Crippen MR) is 109 cm³/mol. The Balaban J connectivity index is 2.06. The van der Waals surface area contributed by atoms with Gasteiger partial charge in [0, 0.05) is 0 Å². The second kappa shape index (κ2) is 7.82. The Morgan fingerprint density at radius 3 is 1.96 bits per heavy atom. The zero-order valence-corrected chi connectivity index (χ0v) is 16.4. The van der Waals surface area contributed by atoms with E-state index in [1.54, 1.807) is 48.5 Å². The van der Waals surface area contributed by atoms with Crippen molar-refractivity contribution in [3.8, 4) is 0 Å². The lowest BCUT2D eigenvalue weighted by Gasteiger charge is -2.34. The third kappa shape index (κ3) is 4.22. The van der Waals surface area contributed by atoms with E-state index in [1.807, 2.05) is 43.3 Å². The summed E-state index contributed by atoms with van der Waals surface area (Å²) in [6, 6.07) is 23.9.